The van der Waals surface area contributed by atoms with Crippen molar-refractivity contribution in [1.29, 1.82) is 0 Å². The van der Waals surface area contributed by atoms with E-state index >= 15 is 0 Å². The average molecular weight is 501 g/mol. The number of aromatic nitrogens is 2. The summed E-state index contributed by atoms with van der Waals surface area (Å²) in [6.07, 6.45) is 4.13. The molecule has 2 aliphatic rings. The minimum atomic E-state index is -0.0170. The molecule has 2 aromatic heterocycles. The van der Waals surface area contributed by atoms with E-state index < -0.39 is 0 Å². The number of ether oxygens (including phenoxy) is 1. The van der Waals surface area contributed by atoms with Gasteiger partial charge in [-0.1, -0.05) is 58.0 Å². The van der Waals surface area contributed by atoms with Crippen LogP contribution in [0.4, 0.5) is 5.69 Å². The van der Waals surface area contributed by atoms with Crippen LogP contribution in [0.1, 0.15) is 33.3 Å². The van der Waals surface area contributed by atoms with Gasteiger partial charge in [0.15, 0.2) is 0 Å². The summed E-state index contributed by atoms with van der Waals surface area (Å²) in [5.41, 5.74) is 6.15. The van der Waals surface area contributed by atoms with Crippen LogP contribution in [0.5, 0.6) is 11.5 Å². The number of fused-ring (bicyclic) bond motifs is 6. The van der Waals surface area contributed by atoms with E-state index in [4.69, 9.17) is 4.74 Å². The fourth-order valence-corrected chi connectivity index (χ4v) is 6.19. The lowest BCUT2D eigenvalue weighted by Crippen LogP contribution is -2.48. The normalized spacial score (nSPS) is 17.4. The molecule has 2 aliphatic heterocycles. The Balaban J connectivity index is 1.33. The molecule has 0 aliphatic carbocycles. The van der Waals surface area contributed by atoms with Gasteiger partial charge in [-0.2, -0.15) is 0 Å². The van der Waals surface area contributed by atoms with Crippen LogP contribution >= 0.6 is 0 Å². The number of nitrogens with zero attached hydrogens (tertiary/aromatic N) is 4. The molecule has 3 aromatic carbocycles. The van der Waals surface area contributed by atoms with E-state index in [0.717, 1.165) is 35.0 Å². The summed E-state index contributed by atoms with van der Waals surface area (Å²) in [6.45, 7) is 10.3. The maximum absolute atomic E-state index is 6.54. The number of anilines is 1. The van der Waals surface area contributed by atoms with Crippen LogP contribution in [0.3, 0.4) is 0 Å². The van der Waals surface area contributed by atoms with Crippen molar-refractivity contribution in [2.24, 2.45) is 5.41 Å². The lowest BCUT2D eigenvalue weighted by atomic mass is 9.60. The molecule has 4 heterocycles. The van der Waals surface area contributed by atoms with Gasteiger partial charge in [0.25, 0.3) is 0 Å². The predicted molar refractivity (Wildman–Crippen MR) is 155 cm³/mol. The molecule has 0 amide bonds. The standard InChI is InChI=1S/C33H32N4O/c1-32(2)26-16-14-23(19-29(26)36-21-35(5)20-30(36)33(32,3)4)38-22-13-15-25-24-10-6-7-11-27(24)37(28(25)18-22)31-12-8-9-17-34-31/h6-20H,21H2,1-5H3. The number of allylic oxidation sites excluding steroid dienone is 1. The zero-order chi connectivity index (χ0) is 26.2. The molecule has 0 spiro atoms. The Labute approximate surface area is 223 Å². The summed E-state index contributed by atoms with van der Waals surface area (Å²) in [7, 11) is 2.14. The first kappa shape index (κ1) is 22.9. The van der Waals surface area contributed by atoms with Gasteiger partial charge in [-0.05, 0) is 42.0 Å². The zero-order valence-corrected chi connectivity index (χ0v) is 22.6. The minimum Gasteiger partial charge on any atom is -0.457 e. The van der Waals surface area contributed by atoms with E-state index in [0.29, 0.717) is 0 Å². The third-order valence-corrected chi connectivity index (χ3v) is 8.89. The molecule has 7 rings (SSSR count). The highest BCUT2D eigenvalue weighted by Crippen LogP contribution is 2.57. The van der Waals surface area contributed by atoms with Gasteiger partial charge in [-0.25, -0.2) is 4.98 Å². The highest BCUT2D eigenvalue weighted by molar-refractivity contribution is 6.09. The molecular weight excluding hydrogens is 468 g/mol. The highest BCUT2D eigenvalue weighted by Gasteiger charge is 2.50. The molecule has 5 aromatic rings. The largest absolute Gasteiger partial charge is 0.457 e. The first-order chi connectivity index (χ1) is 18.3. The molecule has 0 saturated heterocycles. The number of hydrogen-bond donors (Lipinski definition) is 0. The van der Waals surface area contributed by atoms with Crippen molar-refractivity contribution in [3.05, 3.63) is 103 Å². The van der Waals surface area contributed by atoms with Crippen molar-refractivity contribution in [2.45, 2.75) is 33.1 Å². The van der Waals surface area contributed by atoms with Crippen LogP contribution in [0.15, 0.2) is 97.0 Å². The molecular formula is C33H32N4O. The Hall–Kier alpha value is -4.25. The van der Waals surface area contributed by atoms with E-state index in [2.05, 4.69) is 121 Å². The van der Waals surface area contributed by atoms with E-state index in [-0.39, 0.29) is 10.8 Å². The fourth-order valence-electron chi connectivity index (χ4n) is 6.19. The third kappa shape index (κ3) is 3.14. The summed E-state index contributed by atoms with van der Waals surface area (Å²) in [5.74, 6) is 2.54. The van der Waals surface area contributed by atoms with Gasteiger partial charge < -0.3 is 14.5 Å². The second-order valence-electron chi connectivity index (χ2n) is 11.6. The van der Waals surface area contributed by atoms with Gasteiger partial charge >= 0.3 is 0 Å². The summed E-state index contributed by atoms with van der Waals surface area (Å²) >= 11 is 0. The smallest absolute Gasteiger partial charge is 0.137 e. The van der Waals surface area contributed by atoms with Crippen LogP contribution in [0.25, 0.3) is 27.6 Å². The zero-order valence-electron chi connectivity index (χ0n) is 22.6. The van der Waals surface area contributed by atoms with Crippen LogP contribution < -0.4 is 9.64 Å². The lowest BCUT2D eigenvalue weighted by Gasteiger charge is -2.51. The maximum atomic E-state index is 6.54. The monoisotopic (exact) mass is 500 g/mol. The third-order valence-electron chi connectivity index (χ3n) is 8.89. The maximum Gasteiger partial charge on any atom is 0.137 e. The van der Waals surface area contributed by atoms with E-state index in [9.17, 15) is 0 Å². The molecule has 0 atom stereocenters. The van der Waals surface area contributed by atoms with Gasteiger partial charge in [0.1, 0.15) is 17.3 Å². The van der Waals surface area contributed by atoms with E-state index in [1.807, 2.05) is 24.4 Å². The van der Waals surface area contributed by atoms with Crippen LogP contribution in [0, 0.1) is 5.41 Å². The number of para-hydroxylation sites is 1. The topological polar surface area (TPSA) is 33.5 Å². The van der Waals surface area contributed by atoms with Crippen LogP contribution in [-0.2, 0) is 5.41 Å². The number of benzene rings is 3. The van der Waals surface area contributed by atoms with Crippen LogP contribution in [-0.4, -0.2) is 28.2 Å². The molecule has 0 N–H and O–H groups in total. The number of hydrogen-bond acceptors (Lipinski definition) is 4. The summed E-state index contributed by atoms with van der Waals surface area (Å²) in [4.78, 5) is 9.36. The number of pyridine rings is 1. The molecule has 0 fully saturated rings. The fraction of sp³-hybridized carbons (Fsp3) is 0.242. The quantitative estimate of drug-likeness (QED) is 0.253. The van der Waals surface area contributed by atoms with Crippen molar-refractivity contribution >= 4 is 27.5 Å². The minimum absolute atomic E-state index is 0.0110. The Kier molecular flexibility index (Phi) is 4.75. The molecule has 38 heavy (non-hydrogen) atoms. The Morgan fingerprint density at radius 1 is 0.763 bits per heavy atom. The van der Waals surface area contributed by atoms with Gasteiger partial charge in [-0.15, -0.1) is 0 Å². The molecule has 5 heteroatoms. The predicted octanol–water partition coefficient (Wildman–Crippen LogP) is 7.84. The molecule has 5 nitrogen and oxygen atoms in total. The van der Waals surface area contributed by atoms with Gasteiger partial charge in [-0.3, -0.25) is 4.57 Å². The molecule has 0 bridgehead atoms. The summed E-state index contributed by atoms with van der Waals surface area (Å²) in [6, 6.07) is 27.4. The van der Waals surface area contributed by atoms with Crippen molar-refractivity contribution in [1.82, 2.24) is 14.5 Å². The Morgan fingerprint density at radius 2 is 1.50 bits per heavy atom. The molecule has 0 radical (unpaired) electrons. The van der Waals surface area contributed by atoms with E-state index in [1.54, 1.807) is 0 Å². The van der Waals surface area contributed by atoms with Crippen LogP contribution in [0.2, 0.25) is 0 Å². The SMILES string of the molecule is CN1C=C2N(C1)c1cc(Oc3ccc4c5ccccc5n(-c5ccccn5)c4c3)ccc1C(C)(C)C2(C)C. The summed E-state index contributed by atoms with van der Waals surface area (Å²) < 4.78 is 8.76. The molecule has 0 unspecified atom stereocenters. The first-order valence-corrected chi connectivity index (χ1v) is 13.2. The van der Waals surface area contributed by atoms with Gasteiger partial charge in [0.2, 0.25) is 0 Å². The van der Waals surface area contributed by atoms with Crippen molar-refractivity contribution in [3.63, 3.8) is 0 Å². The highest BCUT2D eigenvalue weighted by atomic mass is 16.5. The number of rotatable bonds is 3. The molecule has 190 valence electrons. The second kappa shape index (κ2) is 7.87. The Morgan fingerprint density at radius 3 is 2.32 bits per heavy atom. The van der Waals surface area contributed by atoms with Crippen molar-refractivity contribution < 1.29 is 4.74 Å². The average Bonchev–Trinajstić information content (AvgIpc) is 3.46. The van der Waals surface area contributed by atoms with Crippen molar-refractivity contribution in [2.75, 3.05) is 18.6 Å². The van der Waals surface area contributed by atoms with Crippen molar-refractivity contribution in [3.8, 4) is 17.3 Å². The van der Waals surface area contributed by atoms with E-state index in [1.165, 1.54) is 27.7 Å². The molecule has 0 saturated carbocycles. The first-order valence-electron chi connectivity index (χ1n) is 13.2. The van der Waals surface area contributed by atoms with Gasteiger partial charge in [0.05, 0.1) is 17.7 Å². The summed E-state index contributed by atoms with van der Waals surface area (Å²) in [5, 5.41) is 2.39. The van der Waals surface area contributed by atoms with Gasteiger partial charge in [0, 0.05) is 64.6 Å². The Bertz CT molecular complexity index is 1750. The lowest BCUT2D eigenvalue weighted by molar-refractivity contribution is 0.235. The second-order valence-corrected chi connectivity index (χ2v) is 11.6.